The van der Waals surface area contributed by atoms with Crippen molar-refractivity contribution in [1.82, 2.24) is 5.32 Å². The Labute approximate surface area is 82.5 Å². The van der Waals surface area contributed by atoms with Gasteiger partial charge in [0.25, 0.3) is 0 Å². The Balaban J connectivity index is 2.03. The van der Waals surface area contributed by atoms with Gasteiger partial charge in [-0.2, -0.15) is 0 Å². The number of hydrogen-bond acceptors (Lipinski definition) is 2. The Morgan fingerprint density at radius 2 is 2.23 bits per heavy atom. The molecule has 2 rings (SSSR count). The molecule has 2 N–H and O–H groups in total. The monoisotopic (exact) mass is 197 g/mol. The lowest BCUT2D eigenvalue weighted by Gasteiger charge is -2.05. The van der Waals surface area contributed by atoms with E-state index in [1.54, 1.807) is 18.2 Å². The summed E-state index contributed by atoms with van der Waals surface area (Å²) in [7, 11) is 0. The molecule has 0 spiro atoms. The van der Waals surface area contributed by atoms with Gasteiger partial charge in [-0.1, -0.05) is 11.6 Å². The van der Waals surface area contributed by atoms with Crippen molar-refractivity contribution < 1.29 is 5.11 Å². The van der Waals surface area contributed by atoms with Gasteiger partial charge in [-0.15, -0.1) is 0 Å². The second-order valence-corrected chi connectivity index (χ2v) is 3.86. The second kappa shape index (κ2) is 3.56. The van der Waals surface area contributed by atoms with E-state index in [4.69, 9.17) is 11.6 Å². The van der Waals surface area contributed by atoms with Crippen LogP contribution in [0.15, 0.2) is 18.2 Å². The highest BCUT2D eigenvalue weighted by Crippen LogP contribution is 2.24. The van der Waals surface area contributed by atoms with E-state index < -0.39 is 0 Å². The first-order valence-electron chi connectivity index (χ1n) is 4.46. The molecule has 1 aromatic carbocycles. The molecule has 0 aliphatic heterocycles. The van der Waals surface area contributed by atoms with Crippen molar-refractivity contribution in [1.29, 1.82) is 0 Å². The Morgan fingerprint density at radius 1 is 1.46 bits per heavy atom. The molecule has 0 saturated heterocycles. The molecule has 1 saturated carbocycles. The lowest BCUT2D eigenvalue weighted by molar-refractivity contribution is 0.464. The van der Waals surface area contributed by atoms with Crippen LogP contribution in [0.5, 0.6) is 5.75 Å². The van der Waals surface area contributed by atoms with Crippen LogP contribution in [0.4, 0.5) is 0 Å². The van der Waals surface area contributed by atoms with E-state index >= 15 is 0 Å². The topological polar surface area (TPSA) is 32.3 Å². The maximum atomic E-state index is 9.47. The molecular formula is C10H12ClNO. The zero-order valence-electron chi connectivity index (χ0n) is 7.26. The normalized spacial score (nSPS) is 16.1. The molecule has 70 valence electrons. The smallest absolute Gasteiger partial charge is 0.120 e. The first-order valence-corrected chi connectivity index (χ1v) is 4.84. The Hall–Kier alpha value is -0.730. The summed E-state index contributed by atoms with van der Waals surface area (Å²) in [6.07, 6.45) is 2.50. The summed E-state index contributed by atoms with van der Waals surface area (Å²) in [5, 5.41) is 13.5. The van der Waals surface area contributed by atoms with Crippen molar-refractivity contribution >= 4 is 11.6 Å². The molecule has 0 bridgehead atoms. The average Bonchev–Trinajstić information content (AvgIpc) is 2.90. The average molecular weight is 198 g/mol. The molecule has 3 heteroatoms. The predicted molar refractivity (Wildman–Crippen MR) is 53.0 cm³/mol. The highest BCUT2D eigenvalue weighted by Gasteiger charge is 2.20. The highest BCUT2D eigenvalue weighted by atomic mass is 35.5. The quantitative estimate of drug-likeness (QED) is 0.780. The van der Waals surface area contributed by atoms with E-state index in [1.165, 1.54) is 12.8 Å². The number of phenols is 1. The van der Waals surface area contributed by atoms with Gasteiger partial charge in [0.05, 0.1) is 0 Å². The molecule has 1 aliphatic carbocycles. The zero-order valence-corrected chi connectivity index (χ0v) is 8.01. The Kier molecular flexibility index (Phi) is 2.42. The van der Waals surface area contributed by atoms with Crippen LogP contribution in [0.1, 0.15) is 18.4 Å². The van der Waals surface area contributed by atoms with Crippen molar-refractivity contribution in [2.75, 3.05) is 0 Å². The van der Waals surface area contributed by atoms with Crippen LogP contribution in [-0.4, -0.2) is 11.1 Å². The molecule has 0 heterocycles. The SMILES string of the molecule is Oc1ccc(Cl)cc1CNC1CC1. The minimum absolute atomic E-state index is 0.317. The van der Waals surface area contributed by atoms with Gasteiger partial charge in [-0.25, -0.2) is 0 Å². The number of rotatable bonds is 3. The highest BCUT2D eigenvalue weighted by molar-refractivity contribution is 6.30. The summed E-state index contributed by atoms with van der Waals surface area (Å²) < 4.78 is 0. The van der Waals surface area contributed by atoms with Crippen LogP contribution in [-0.2, 0) is 6.54 Å². The van der Waals surface area contributed by atoms with Crippen LogP contribution in [0, 0.1) is 0 Å². The summed E-state index contributed by atoms with van der Waals surface area (Å²) in [6, 6.07) is 5.77. The third-order valence-corrected chi connectivity index (χ3v) is 2.44. The standard InChI is InChI=1S/C10H12ClNO/c11-8-1-4-10(13)7(5-8)6-12-9-2-3-9/h1,4-5,9,12-13H,2-3,6H2. The second-order valence-electron chi connectivity index (χ2n) is 3.43. The van der Waals surface area contributed by atoms with E-state index in [1.807, 2.05) is 0 Å². The number of aromatic hydroxyl groups is 1. The fourth-order valence-corrected chi connectivity index (χ4v) is 1.43. The van der Waals surface area contributed by atoms with Gasteiger partial charge < -0.3 is 10.4 Å². The lowest BCUT2D eigenvalue weighted by Crippen LogP contribution is -2.15. The molecule has 1 fully saturated rings. The fraction of sp³-hybridized carbons (Fsp3) is 0.400. The summed E-state index contributed by atoms with van der Waals surface area (Å²) in [6.45, 7) is 0.705. The fourth-order valence-electron chi connectivity index (χ4n) is 1.24. The number of nitrogens with one attached hydrogen (secondary N) is 1. The van der Waals surface area contributed by atoms with E-state index in [0.717, 1.165) is 5.56 Å². The predicted octanol–water partition coefficient (Wildman–Crippen LogP) is 2.30. The Morgan fingerprint density at radius 3 is 2.92 bits per heavy atom. The third kappa shape index (κ3) is 2.36. The van der Waals surface area contributed by atoms with Crippen molar-refractivity contribution in [3.05, 3.63) is 28.8 Å². The number of halogens is 1. The van der Waals surface area contributed by atoms with Gasteiger partial charge in [0.15, 0.2) is 0 Å². The van der Waals surface area contributed by atoms with Crippen molar-refractivity contribution in [3.8, 4) is 5.75 Å². The van der Waals surface area contributed by atoms with Gasteiger partial charge >= 0.3 is 0 Å². The van der Waals surface area contributed by atoms with Crippen molar-refractivity contribution in [3.63, 3.8) is 0 Å². The number of hydrogen-bond donors (Lipinski definition) is 2. The van der Waals surface area contributed by atoms with E-state index in [0.29, 0.717) is 23.4 Å². The molecule has 0 amide bonds. The largest absolute Gasteiger partial charge is 0.508 e. The van der Waals surface area contributed by atoms with E-state index in [-0.39, 0.29) is 0 Å². The van der Waals surface area contributed by atoms with Crippen LogP contribution in [0.3, 0.4) is 0 Å². The maximum Gasteiger partial charge on any atom is 0.120 e. The zero-order chi connectivity index (χ0) is 9.26. The molecule has 0 unspecified atom stereocenters. The maximum absolute atomic E-state index is 9.47. The Bertz CT molecular complexity index is 310. The van der Waals surface area contributed by atoms with Crippen LogP contribution in [0.2, 0.25) is 5.02 Å². The molecule has 0 radical (unpaired) electrons. The van der Waals surface area contributed by atoms with Gasteiger partial charge in [0.1, 0.15) is 5.75 Å². The first kappa shape index (κ1) is 8.85. The van der Waals surface area contributed by atoms with Gasteiger partial charge in [-0.3, -0.25) is 0 Å². The van der Waals surface area contributed by atoms with Crippen molar-refractivity contribution in [2.24, 2.45) is 0 Å². The summed E-state index contributed by atoms with van der Waals surface area (Å²) in [5.74, 6) is 0.317. The van der Waals surface area contributed by atoms with Gasteiger partial charge in [0, 0.05) is 23.2 Å². The number of benzene rings is 1. The lowest BCUT2D eigenvalue weighted by atomic mass is 10.2. The van der Waals surface area contributed by atoms with Crippen LogP contribution in [0.25, 0.3) is 0 Å². The van der Waals surface area contributed by atoms with Gasteiger partial charge in [0.2, 0.25) is 0 Å². The first-order chi connectivity index (χ1) is 6.25. The molecule has 0 atom stereocenters. The summed E-state index contributed by atoms with van der Waals surface area (Å²) in [4.78, 5) is 0. The molecular weight excluding hydrogens is 186 g/mol. The molecule has 2 nitrogen and oxygen atoms in total. The summed E-state index contributed by atoms with van der Waals surface area (Å²) in [5.41, 5.74) is 0.874. The van der Waals surface area contributed by atoms with E-state index in [9.17, 15) is 5.11 Å². The van der Waals surface area contributed by atoms with E-state index in [2.05, 4.69) is 5.32 Å². The van der Waals surface area contributed by atoms with Gasteiger partial charge in [-0.05, 0) is 31.0 Å². The van der Waals surface area contributed by atoms with Crippen LogP contribution < -0.4 is 5.32 Å². The minimum atomic E-state index is 0.317. The number of phenolic OH excluding ortho intramolecular Hbond substituents is 1. The minimum Gasteiger partial charge on any atom is -0.508 e. The van der Waals surface area contributed by atoms with Crippen molar-refractivity contribution in [2.45, 2.75) is 25.4 Å². The third-order valence-electron chi connectivity index (χ3n) is 2.20. The molecule has 0 aromatic heterocycles. The summed E-state index contributed by atoms with van der Waals surface area (Å²) >= 11 is 5.81. The molecule has 1 aliphatic rings. The van der Waals surface area contributed by atoms with Crippen LogP contribution >= 0.6 is 11.6 Å². The molecule has 1 aromatic rings. The molecule has 13 heavy (non-hydrogen) atoms.